The lowest BCUT2D eigenvalue weighted by molar-refractivity contribution is -0.0343. The molecule has 200 valence electrons. The second-order valence-corrected chi connectivity index (χ2v) is 10.8. The van der Waals surface area contributed by atoms with Gasteiger partial charge in [-0.25, -0.2) is 0 Å². The lowest BCUT2D eigenvalue weighted by atomic mass is 9.72. The first-order valence-electron chi connectivity index (χ1n) is 13.7. The van der Waals surface area contributed by atoms with Gasteiger partial charge in [0.1, 0.15) is 11.5 Å². The third kappa shape index (κ3) is 7.39. The second-order valence-electron chi connectivity index (χ2n) is 10.8. The van der Waals surface area contributed by atoms with Gasteiger partial charge in [-0.2, -0.15) is 0 Å². The molecular formula is C30H44Cl2N2O2. The van der Waals surface area contributed by atoms with Gasteiger partial charge in [0, 0.05) is 18.5 Å². The predicted octanol–water partition coefficient (Wildman–Crippen LogP) is 7.05. The monoisotopic (exact) mass is 534 g/mol. The first-order chi connectivity index (χ1) is 16.7. The Balaban J connectivity index is 0.00000180. The molecule has 1 unspecified atom stereocenters. The van der Waals surface area contributed by atoms with Crippen LogP contribution in [0.15, 0.2) is 54.6 Å². The fraction of sp³-hybridized carbons (Fsp3) is 0.600. The van der Waals surface area contributed by atoms with Gasteiger partial charge in [-0.05, 0) is 94.5 Å². The summed E-state index contributed by atoms with van der Waals surface area (Å²) < 4.78 is 6.16. The second kappa shape index (κ2) is 14.0. The zero-order chi connectivity index (χ0) is 23.2. The van der Waals surface area contributed by atoms with E-state index in [1.165, 1.54) is 57.2 Å². The number of piperidine rings is 2. The standard InChI is InChI=1S/C30H42N2O2.2ClH/c33-30(17-6-2-7-18-30)29(24-31-21-15-26(16-22-31)32-19-8-3-9-20-32)25-11-10-14-28(23-25)34-27-12-4-1-5-13-27;;/h1,4-5,10-14,23,26,29,33H,2-3,6-9,15-22,24H2;2*1H. The van der Waals surface area contributed by atoms with Crippen molar-refractivity contribution in [3.63, 3.8) is 0 Å². The molecule has 0 amide bonds. The molecule has 3 fully saturated rings. The summed E-state index contributed by atoms with van der Waals surface area (Å²) in [7, 11) is 0. The van der Waals surface area contributed by atoms with Crippen molar-refractivity contribution in [2.24, 2.45) is 0 Å². The Labute approximate surface area is 230 Å². The molecule has 0 aromatic heterocycles. The number of aliphatic hydroxyl groups is 1. The van der Waals surface area contributed by atoms with Gasteiger partial charge in [-0.3, -0.25) is 0 Å². The van der Waals surface area contributed by atoms with Crippen LogP contribution in [0, 0.1) is 0 Å². The van der Waals surface area contributed by atoms with E-state index in [4.69, 9.17) is 4.74 Å². The molecule has 1 saturated carbocycles. The Morgan fingerprint density at radius 1 is 0.778 bits per heavy atom. The van der Waals surface area contributed by atoms with E-state index >= 15 is 0 Å². The Morgan fingerprint density at radius 3 is 2.11 bits per heavy atom. The summed E-state index contributed by atoms with van der Waals surface area (Å²) in [6.45, 7) is 5.82. The van der Waals surface area contributed by atoms with Crippen LogP contribution in [0.25, 0.3) is 0 Å². The molecule has 5 rings (SSSR count). The van der Waals surface area contributed by atoms with E-state index < -0.39 is 5.60 Å². The Bertz CT molecular complexity index is 893. The van der Waals surface area contributed by atoms with Crippen LogP contribution in [0.3, 0.4) is 0 Å². The lowest BCUT2D eigenvalue weighted by Gasteiger charge is -2.44. The van der Waals surface area contributed by atoms with Crippen LogP contribution >= 0.6 is 24.8 Å². The summed E-state index contributed by atoms with van der Waals surface area (Å²) in [5, 5.41) is 11.9. The normalized spacial score (nSPS) is 22.1. The molecule has 1 atom stereocenters. The topological polar surface area (TPSA) is 35.9 Å². The maximum atomic E-state index is 11.9. The summed E-state index contributed by atoms with van der Waals surface area (Å²) >= 11 is 0. The summed E-state index contributed by atoms with van der Waals surface area (Å²) in [5.41, 5.74) is 0.601. The lowest BCUT2D eigenvalue weighted by Crippen LogP contribution is -2.50. The largest absolute Gasteiger partial charge is 0.457 e. The molecule has 6 heteroatoms. The van der Waals surface area contributed by atoms with E-state index in [9.17, 15) is 5.11 Å². The minimum atomic E-state index is -0.618. The van der Waals surface area contributed by atoms with E-state index in [0.717, 1.165) is 62.9 Å². The third-order valence-electron chi connectivity index (χ3n) is 8.51. The van der Waals surface area contributed by atoms with E-state index in [-0.39, 0.29) is 30.7 Å². The molecule has 2 aromatic rings. The number of nitrogens with zero attached hydrogens (tertiary/aromatic N) is 2. The van der Waals surface area contributed by atoms with E-state index in [0.29, 0.717) is 0 Å². The summed E-state index contributed by atoms with van der Waals surface area (Å²) in [5.74, 6) is 1.84. The number of likely N-dealkylation sites (tertiary alicyclic amines) is 2. The van der Waals surface area contributed by atoms with Gasteiger partial charge in [0.15, 0.2) is 0 Å². The third-order valence-corrected chi connectivity index (χ3v) is 8.51. The molecule has 2 heterocycles. The van der Waals surface area contributed by atoms with Crippen LogP contribution in [0.5, 0.6) is 11.5 Å². The molecule has 2 aromatic carbocycles. The molecule has 1 N–H and O–H groups in total. The SMILES string of the molecule is Cl.Cl.OC1(C(CN2CCC(N3CCCCC3)CC2)c2cccc(Oc3ccccc3)c2)CCCCC1. The number of halogens is 2. The van der Waals surface area contributed by atoms with Crippen molar-refractivity contribution < 1.29 is 9.84 Å². The van der Waals surface area contributed by atoms with Gasteiger partial charge in [0.05, 0.1) is 5.60 Å². The molecule has 36 heavy (non-hydrogen) atoms. The van der Waals surface area contributed by atoms with E-state index in [1.54, 1.807) is 0 Å². The van der Waals surface area contributed by atoms with Crippen molar-refractivity contribution in [1.82, 2.24) is 9.80 Å². The smallest absolute Gasteiger partial charge is 0.127 e. The van der Waals surface area contributed by atoms with Crippen molar-refractivity contribution in [2.45, 2.75) is 81.8 Å². The van der Waals surface area contributed by atoms with Gasteiger partial charge in [0.2, 0.25) is 0 Å². The molecule has 0 spiro atoms. The average Bonchev–Trinajstić information content (AvgIpc) is 2.89. The molecule has 2 saturated heterocycles. The average molecular weight is 536 g/mol. The zero-order valence-corrected chi connectivity index (χ0v) is 23.2. The molecule has 0 bridgehead atoms. The number of rotatable bonds is 7. The highest BCUT2D eigenvalue weighted by Crippen LogP contribution is 2.42. The summed E-state index contributed by atoms with van der Waals surface area (Å²) in [6.07, 6.45) is 12.0. The predicted molar refractivity (Wildman–Crippen MR) is 153 cm³/mol. The Kier molecular flexibility index (Phi) is 11.4. The van der Waals surface area contributed by atoms with Crippen LogP contribution in [0.2, 0.25) is 0 Å². The Hall–Kier alpha value is -1.30. The van der Waals surface area contributed by atoms with E-state index in [2.05, 4.69) is 28.0 Å². The summed E-state index contributed by atoms with van der Waals surface area (Å²) in [4.78, 5) is 5.37. The number of hydrogen-bond acceptors (Lipinski definition) is 4. The van der Waals surface area contributed by atoms with Gasteiger partial charge < -0.3 is 19.6 Å². The number of benzene rings is 2. The Morgan fingerprint density at radius 2 is 1.42 bits per heavy atom. The van der Waals surface area contributed by atoms with Crippen molar-refractivity contribution in [3.05, 3.63) is 60.2 Å². The van der Waals surface area contributed by atoms with Crippen LogP contribution < -0.4 is 4.74 Å². The fourth-order valence-electron chi connectivity index (χ4n) is 6.53. The maximum Gasteiger partial charge on any atom is 0.127 e. The minimum Gasteiger partial charge on any atom is -0.457 e. The highest BCUT2D eigenvalue weighted by atomic mass is 35.5. The van der Waals surface area contributed by atoms with Crippen LogP contribution in [-0.2, 0) is 0 Å². The van der Waals surface area contributed by atoms with Crippen molar-refractivity contribution in [3.8, 4) is 11.5 Å². The molecule has 1 aliphatic carbocycles. The zero-order valence-electron chi connectivity index (χ0n) is 21.5. The maximum absolute atomic E-state index is 11.9. The first kappa shape index (κ1) is 29.3. The molecule has 4 nitrogen and oxygen atoms in total. The molecular weight excluding hydrogens is 491 g/mol. The van der Waals surface area contributed by atoms with Crippen LogP contribution in [0.4, 0.5) is 0 Å². The number of para-hydroxylation sites is 1. The van der Waals surface area contributed by atoms with Crippen LogP contribution in [-0.4, -0.2) is 59.3 Å². The molecule has 2 aliphatic heterocycles. The van der Waals surface area contributed by atoms with Crippen LogP contribution in [0.1, 0.15) is 75.7 Å². The van der Waals surface area contributed by atoms with E-state index in [1.807, 2.05) is 36.4 Å². The quantitative estimate of drug-likeness (QED) is 0.412. The first-order valence-corrected chi connectivity index (χ1v) is 13.7. The van der Waals surface area contributed by atoms with Crippen molar-refractivity contribution in [1.29, 1.82) is 0 Å². The summed E-state index contributed by atoms with van der Waals surface area (Å²) in [6, 6.07) is 19.2. The van der Waals surface area contributed by atoms with Gasteiger partial charge in [-0.15, -0.1) is 24.8 Å². The fourth-order valence-corrected chi connectivity index (χ4v) is 6.53. The van der Waals surface area contributed by atoms with Crippen molar-refractivity contribution in [2.75, 3.05) is 32.7 Å². The molecule has 3 aliphatic rings. The van der Waals surface area contributed by atoms with Gasteiger partial charge in [-0.1, -0.05) is 56.0 Å². The number of hydrogen-bond donors (Lipinski definition) is 1. The van der Waals surface area contributed by atoms with Crippen molar-refractivity contribution >= 4 is 24.8 Å². The minimum absolute atomic E-state index is 0. The van der Waals surface area contributed by atoms with Gasteiger partial charge in [0.25, 0.3) is 0 Å². The highest BCUT2D eigenvalue weighted by Gasteiger charge is 2.40. The highest BCUT2D eigenvalue weighted by molar-refractivity contribution is 5.85. The number of ether oxygens (including phenoxy) is 1. The van der Waals surface area contributed by atoms with Gasteiger partial charge >= 0.3 is 0 Å². The molecule has 0 radical (unpaired) electrons.